The summed E-state index contributed by atoms with van der Waals surface area (Å²) in [6.07, 6.45) is 8.63. The second-order valence-corrected chi connectivity index (χ2v) is 5.47. The molecule has 0 amide bonds. The van der Waals surface area contributed by atoms with E-state index in [2.05, 4.69) is 10.3 Å². The van der Waals surface area contributed by atoms with Crippen molar-refractivity contribution in [1.82, 2.24) is 15.0 Å². The molecule has 2 aliphatic carbocycles. The second kappa shape index (κ2) is 3.55. The highest BCUT2D eigenvalue weighted by molar-refractivity contribution is 5.10. The van der Waals surface area contributed by atoms with E-state index in [1.165, 1.54) is 19.3 Å². The third-order valence-electron chi connectivity index (χ3n) is 4.25. The van der Waals surface area contributed by atoms with Gasteiger partial charge in [0.1, 0.15) is 5.60 Å². The van der Waals surface area contributed by atoms with Crippen LogP contribution in [0.15, 0.2) is 6.20 Å². The van der Waals surface area contributed by atoms with Crippen LogP contribution in [0.1, 0.15) is 44.2 Å². The molecule has 2 aliphatic rings. The fraction of sp³-hybridized carbons (Fsp3) is 0.833. The number of hydrogen-bond donors (Lipinski definition) is 1. The van der Waals surface area contributed by atoms with Gasteiger partial charge in [-0.05, 0) is 50.4 Å². The van der Waals surface area contributed by atoms with E-state index in [4.69, 9.17) is 0 Å². The van der Waals surface area contributed by atoms with Crippen LogP contribution in [0, 0.1) is 11.8 Å². The van der Waals surface area contributed by atoms with Crippen LogP contribution < -0.4 is 0 Å². The van der Waals surface area contributed by atoms with Gasteiger partial charge in [-0.25, -0.2) is 4.68 Å². The summed E-state index contributed by atoms with van der Waals surface area (Å²) in [5.41, 5.74) is 0.210. The normalized spacial score (nSPS) is 35.2. The number of hydrogen-bond acceptors (Lipinski definition) is 3. The first-order chi connectivity index (χ1) is 7.69. The number of nitrogens with zero attached hydrogens (tertiary/aromatic N) is 3. The summed E-state index contributed by atoms with van der Waals surface area (Å²) >= 11 is 0. The molecule has 1 aromatic heterocycles. The van der Waals surface area contributed by atoms with Gasteiger partial charge in [-0.2, -0.15) is 0 Å². The maximum Gasteiger partial charge on any atom is 0.108 e. The Kier molecular flexibility index (Phi) is 2.28. The summed E-state index contributed by atoms with van der Waals surface area (Å²) < 4.78 is 1.72. The summed E-state index contributed by atoms with van der Waals surface area (Å²) in [6.45, 7) is 0. The van der Waals surface area contributed by atoms with Crippen molar-refractivity contribution in [2.75, 3.05) is 0 Å². The number of rotatable bonds is 2. The SMILES string of the molecule is Cn1nncc1C1(O)CCCC(C2CC2)C1. The maximum atomic E-state index is 10.8. The van der Waals surface area contributed by atoms with Crippen molar-refractivity contribution in [3.05, 3.63) is 11.9 Å². The fourth-order valence-corrected chi connectivity index (χ4v) is 3.21. The average molecular weight is 221 g/mol. The molecule has 2 unspecified atom stereocenters. The Morgan fingerprint density at radius 1 is 1.38 bits per heavy atom. The van der Waals surface area contributed by atoms with E-state index in [1.807, 2.05) is 7.05 Å². The molecular weight excluding hydrogens is 202 g/mol. The Hall–Kier alpha value is -0.900. The monoisotopic (exact) mass is 221 g/mol. The zero-order valence-electron chi connectivity index (χ0n) is 9.76. The molecule has 1 heterocycles. The van der Waals surface area contributed by atoms with Crippen LogP contribution in [0.3, 0.4) is 0 Å². The Bertz CT molecular complexity index is 385. The molecule has 88 valence electrons. The predicted molar refractivity (Wildman–Crippen MR) is 59.6 cm³/mol. The molecule has 2 fully saturated rings. The highest BCUT2D eigenvalue weighted by Gasteiger charge is 2.43. The quantitative estimate of drug-likeness (QED) is 0.825. The summed E-state index contributed by atoms with van der Waals surface area (Å²) in [6, 6.07) is 0. The molecule has 0 aromatic carbocycles. The van der Waals surface area contributed by atoms with E-state index in [1.54, 1.807) is 10.9 Å². The Labute approximate surface area is 95.7 Å². The molecule has 4 nitrogen and oxygen atoms in total. The van der Waals surface area contributed by atoms with Crippen molar-refractivity contribution in [2.45, 2.75) is 44.1 Å². The van der Waals surface area contributed by atoms with E-state index in [0.717, 1.165) is 30.9 Å². The third kappa shape index (κ3) is 1.65. The fourth-order valence-electron chi connectivity index (χ4n) is 3.21. The lowest BCUT2D eigenvalue weighted by molar-refractivity contribution is -0.0316. The van der Waals surface area contributed by atoms with Crippen LogP contribution >= 0.6 is 0 Å². The maximum absolute atomic E-state index is 10.8. The van der Waals surface area contributed by atoms with Gasteiger partial charge in [0.05, 0.1) is 11.9 Å². The van der Waals surface area contributed by atoms with Crippen molar-refractivity contribution in [3.8, 4) is 0 Å². The Morgan fingerprint density at radius 2 is 2.19 bits per heavy atom. The predicted octanol–water partition coefficient (Wildman–Crippen LogP) is 1.60. The van der Waals surface area contributed by atoms with Crippen molar-refractivity contribution >= 4 is 0 Å². The van der Waals surface area contributed by atoms with Gasteiger partial charge in [0, 0.05) is 7.05 Å². The molecule has 0 spiro atoms. The highest BCUT2D eigenvalue weighted by atomic mass is 16.3. The third-order valence-corrected chi connectivity index (χ3v) is 4.25. The minimum absolute atomic E-state index is 0.677. The van der Waals surface area contributed by atoms with Gasteiger partial charge < -0.3 is 5.11 Å². The molecule has 0 aliphatic heterocycles. The van der Waals surface area contributed by atoms with Gasteiger partial charge in [-0.15, -0.1) is 5.10 Å². The zero-order valence-corrected chi connectivity index (χ0v) is 9.76. The topological polar surface area (TPSA) is 50.9 Å². The van der Waals surface area contributed by atoms with Gasteiger partial charge in [0.2, 0.25) is 0 Å². The van der Waals surface area contributed by atoms with Gasteiger partial charge in [-0.3, -0.25) is 0 Å². The lowest BCUT2D eigenvalue weighted by atomic mass is 9.74. The van der Waals surface area contributed by atoms with Crippen LogP contribution in [0.2, 0.25) is 0 Å². The van der Waals surface area contributed by atoms with E-state index in [0.29, 0.717) is 5.92 Å². The molecule has 16 heavy (non-hydrogen) atoms. The summed E-state index contributed by atoms with van der Waals surface area (Å²) in [7, 11) is 1.86. The van der Waals surface area contributed by atoms with E-state index in [9.17, 15) is 5.11 Å². The van der Waals surface area contributed by atoms with Crippen molar-refractivity contribution in [2.24, 2.45) is 18.9 Å². The molecule has 0 radical (unpaired) electrons. The summed E-state index contributed by atoms with van der Waals surface area (Å²) in [4.78, 5) is 0. The lowest BCUT2D eigenvalue weighted by Gasteiger charge is -2.36. The summed E-state index contributed by atoms with van der Waals surface area (Å²) in [5.74, 6) is 1.60. The average Bonchev–Trinajstić information content (AvgIpc) is 3.01. The van der Waals surface area contributed by atoms with Gasteiger partial charge in [0.25, 0.3) is 0 Å². The van der Waals surface area contributed by atoms with E-state index >= 15 is 0 Å². The molecule has 2 atom stereocenters. The van der Waals surface area contributed by atoms with Crippen LogP contribution in [-0.2, 0) is 12.6 Å². The van der Waals surface area contributed by atoms with Gasteiger partial charge >= 0.3 is 0 Å². The van der Waals surface area contributed by atoms with Gasteiger partial charge in [-0.1, -0.05) is 5.21 Å². The van der Waals surface area contributed by atoms with E-state index in [-0.39, 0.29) is 0 Å². The summed E-state index contributed by atoms with van der Waals surface area (Å²) in [5, 5.41) is 18.6. The molecule has 1 N–H and O–H groups in total. The van der Waals surface area contributed by atoms with Gasteiger partial charge in [0.15, 0.2) is 0 Å². The largest absolute Gasteiger partial charge is 0.383 e. The van der Waals surface area contributed by atoms with E-state index < -0.39 is 5.60 Å². The number of aryl methyl sites for hydroxylation is 1. The molecule has 3 rings (SSSR count). The molecule has 2 saturated carbocycles. The highest BCUT2D eigenvalue weighted by Crippen LogP contribution is 2.49. The minimum atomic E-state index is -0.677. The molecule has 0 saturated heterocycles. The smallest absolute Gasteiger partial charge is 0.108 e. The molecule has 1 aromatic rings. The molecule has 0 bridgehead atoms. The minimum Gasteiger partial charge on any atom is -0.383 e. The second-order valence-electron chi connectivity index (χ2n) is 5.47. The first-order valence-electron chi connectivity index (χ1n) is 6.26. The first-order valence-corrected chi connectivity index (χ1v) is 6.26. The number of aliphatic hydroxyl groups is 1. The van der Waals surface area contributed by atoms with Crippen LogP contribution in [0.25, 0.3) is 0 Å². The van der Waals surface area contributed by atoms with Crippen molar-refractivity contribution < 1.29 is 5.11 Å². The Morgan fingerprint density at radius 3 is 2.81 bits per heavy atom. The van der Waals surface area contributed by atoms with Crippen molar-refractivity contribution in [1.29, 1.82) is 0 Å². The molecular formula is C12H19N3O. The lowest BCUT2D eigenvalue weighted by Crippen LogP contribution is -2.35. The first kappa shape index (κ1) is 10.3. The standard InChI is InChI=1S/C12H19N3O/c1-15-11(8-13-14-15)12(16)6-2-3-10(7-12)9-4-5-9/h8-10,16H,2-7H2,1H3. The molecule has 4 heteroatoms. The Balaban J connectivity index is 1.83. The van der Waals surface area contributed by atoms with Crippen LogP contribution in [0.4, 0.5) is 0 Å². The number of aromatic nitrogens is 3. The van der Waals surface area contributed by atoms with Crippen LogP contribution in [0.5, 0.6) is 0 Å². The van der Waals surface area contributed by atoms with Crippen molar-refractivity contribution in [3.63, 3.8) is 0 Å². The van der Waals surface area contributed by atoms with Crippen LogP contribution in [-0.4, -0.2) is 20.1 Å². The zero-order chi connectivity index (χ0) is 11.2.